The molecule has 0 saturated carbocycles. The number of fused-ring (bicyclic) bond motifs is 5. The highest BCUT2D eigenvalue weighted by Crippen LogP contribution is 2.25. The van der Waals surface area contributed by atoms with Crippen molar-refractivity contribution in [3.8, 4) is 18.2 Å². The Morgan fingerprint density at radius 1 is 1.08 bits per heavy atom. The summed E-state index contributed by atoms with van der Waals surface area (Å²) in [5.74, 6) is -1.23. The van der Waals surface area contributed by atoms with Gasteiger partial charge >= 0.3 is 0 Å². The maximum absolute atomic E-state index is 12.8. The van der Waals surface area contributed by atoms with Crippen LogP contribution in [0.4, 0.5) is 0 Å². The van der Waals surface area contributed by atoms with Gasteiger partial charge in [-0.1, -0.05) is 12.1 Å². The van der Waals surface area contributed by atoms with E-state index in [0.29, 0.717) is 11.2 Å². The summed E-state index contributed by atoms with van der Waals surface area (Å²) in [5.41, 5.74) is 1.90. The van der Waals surface area contributed by atoms with Gasteiger partial charge in [-0.25, -0.2) is 9.97 Å². The molecule has 0 spiro atoms. The fourth-order valence-corrected chi connectivity index (χ4v) is 3.16. The number of hydrogen-bond acceptors (Lipinski definition) is 6. The van der Waals surface area contributed by atoms with E-state index in [1.54, 1.807) is 28.2 Å². The third-order valence-corrected chi connectivity index (χ3v) is 4.34. The van der Waals surface area contributed by atoms with Crippen LogP contribution < -0.4 is 5.43 Å². The average Bonchev–Trinajstić information content (AvgIpc) is 2.97. The van der Waals surface area contributed by atoms with Crippen LogP contribution in [0.3, 0.4) is 0 Å². The molecule has 0 aliphatic rings. The Morgan fingerprint density at radius 3 is 2.42 bits per heavy atom. The van der Waals surface area contributed by atoms with E-state index in [1.165, 1.54) is 6.20 Å². The lowest BCUT2D eigenvalue weighted by Crippen LogP contribution is -2.15. The van der Waals surface area contributed by atoms with Crippen molar-refractivity contribution >= 4 is 27.7 Å². The Hall–Kier alpha value is -4.22. The van der Waals surface area contributed by atoms with Crippen LogP contribution in [0.25, 0.3) is 27.7 Å². The molecule has 0 unspecified atom stereocenters. The lowest BCUT2D eigenvalue weighted by Gasteiger charge is -2.07. The highest BCUT2D eigenvalue weighted by molar-refractivity contribution is 5.91. The predicted octanol–water partition coefficient (Wildman–Crippen LogP) is 1.74. The second-order valence-corrected chi connectivity index (χ2v) is 5.68. The van der Waals surface area contributed by atoms with E-state index < -0.39 is 11.3 Å². The first-order valence-electron chi connectivity index (χ1n) is 7.60. The van der Waals surface area contributed by atoms with E-state index in [-0.39, 0.29) is 16.9 Å². The van der Waals surface area contributed by atoms with Crippen molar-refractivity contribution in [2.24, 2.45) is 7.05 Å². The summed E-state index contributed by atoms with van der Waals surface area (Å²) >= 11 is 0. The number of nitriles is 3. The monoisotopic (exact) mass is 339 g/mol. The fourth-order valence-electron chi connectivity index (χ4n) is 3.16. The SMILES string of the molecule is Cn1c2ccccc2n2c3cnc(C(C#N)C#N)nc3c(=O)c(C#N)c12. The molecular formula is C18H9N7O. The molecular weight excluding hydrogens is 330 g/mol. The predicted molar refractivity (Wildman–Crippen MR) is 91.9 cm³/mol. The zero-order valence-electron chi connectivity index (χ0n) is 13.5. The van der Waals surface area contributed by atoms with Crippen LogP contribution >= 0.6 is 0 Å². The van der Waals surface area contributed by atoms with Crippen LogP contribution in [0.2, 0.25) is 0 Å². The van der Waals surface area contributed by atoms with Gasteiger partial charge in [0.1, 0.15) is 22.8 Å². The van der Waals surface area contributed by atoms with Crippen LogP contribution in [-0.2, 0) is 7.05 Å². The molecule has 0 fully saturated rings. The number of aromatic nitrogens is 4. The smallest absolute Gasteiger partial charge is 0.227 e. The Morgan fingerprint density at radius 2 is 1.77 bits per heavy atom. The van der Waals surface area contributed by atoms with Gasteiger partial charge in [-0.05, 0) is 12.1 Å². The fraction of sp³-hybridized carbons (Fsp3) is 0.111. The summed E-state index contributed by atoms with van der Waals surface area (Å²) in [6, 6.07) is 13.0. The minimum absolute atomic E-state index is 0.0101. The summed E-state index contributed by atoms with van der Waals surface area (Å²) in [4.78, 5) is 21.1. The molecule has 4 rings (SSSR count). The molecule has 1 aromatic carbocycles. The molecule has 0 N–H and O–H groups in total. The van der Waals surface area contributed by atoms with Crippen LogP contribution in [0.5, 0.6) is 0 Å². The summed E-state index contributed by atoms with van der Waals surface area (Å²) in [6.45, 7) is 0. The number of rotatable bonds is 1. The minimum Gasteiger partial charge on any atom is -0.328 e. The molecule has 0 amide bonds. The Balaban J connectivity index is 2.30. The number of aryl methyl sites for hydroxylation is 1. The molecule has 0 atom stereocenters. The number of benzene rings is 1. The van der Waals surface area contributed by atoms with E-state index in [4.69, 9.17) is 10.5 Å². The highest BCUT2D eigenvalue weighted by Gasteiger charge is 2.21. The van der Waals surface area contributed by atoms with Crippen LogP contribution in [0.1, 0.15) is 17.3 Å². The number of pyridine rings is 1. The van der Waals surface area contributed by atoms with E-state index in [2.05, 4.69) is 9.97 Å². The van der Waals surface area contributed by atoms with Crippen molar-refractivity contribution in [3.05, 3.63) is 52.1 Å². The average molecular weight is 339 g/mol. The van der Waals surface area contributed by atoms with E-state index in [1.807, 2.05) is 30.3 Å². The van der Waals surface area contributed by atoms with Gasteiger partial charge in [0, 0.05) is 7.05 Å². The van der Waals surface area contributed by atoms with Crippen LogP contribution in [0, 0.1) is 34.0 Å². The molecule has 4 aromatic rings. The molecule has 3 heterocycles. The lowest BCUT2D eigenvalue weighted by atomic mass is 10.1. The summed E-state index contributed by atoms with van der Waals surface area (Å²) < 4.78 is 3.53. The van der Waals surface area contributed by atoms with E-state index >= 15 is 0 Å². The standard InChI is InChI=1S/C18H9N7O/c1-24-12-4-2-3-5-13(12)25-14-9-22-17(10(6-19)7-20)23-15(14)16(26)11(8-21)18(24)25/h2-5,9-10H,1H3. The van der Waals surface area contributed by atoms with Crippen LogP contribution in [-0.4, -0.2) is 18.9 Å². The number of nitrogens with zero attached hydrogens (tertiary/aromatic N) is 7. The maximum atomic E-state index is 12.8. The first-order valence-corrected chi connectivity index (χ1v) is 7.60. The third-order valence-electron chi connectivity index (χ3n) is 4.34. The van der Waals surface area contributed by atoms with Crippen molar-refractivity contribution < 1.29 is 0 Å². The van der Waals surface area contributed by atoms with Crippen molar-refractivity contribution in [2.75, 3.05) is 0 Å². The summed E-state index contributed by atoms with van der Waals surface area (Å²) in [5, 5.41) is 27.7. The second kappa shape index (κ2) is 5.41. The van der Waals surface area contributed by atoms with Crippen molar-refractivity contribution in [2.45, 2.75) is 5.92 Å². The molecule has 0 aliphatic heterocycles. The Kier molecular flexibility index (Phi) is 3.18. The Labute approximate surface area is 146 Å². The number of imidazole rings is 1. The van der Waals surface area contributed by atoms with Gasteiger partial charge in [0.2, 0.25) is 5.43 Å². The van der Waals surface area contributed by atoms with Gasteiger partial charge in [-0.2, -0.15) is 15.8 Å². The normalized spacial score (nSPS) is 10.9. The molecule has 26 heavy (non-hydrogen) atoms. The largest absolute Gasteiger partial charge is 0.328 e. The molecule has 8 heteroatoms. The molecule has 3 aromatic heterocycles. The van der Waals surface area contributed by atoms with Crippen molar-refractivity contribution in [1.82, 2.24) is 18.9 Å². The second-order valence-electron chi connectivity index (χ2n) is 5.68. The van der Waals surface area contributed by atoms with Gasteiger partial charge < -0.3 is 4.57 Å². The van der Waals surface area contributed by atoms with E-state index in [9.17, 15) is 10.1 Å². The molecule has 0 radical (unpaired) electrons. The Bertz CT molecular complexity index is 1390. The van der Waals surface area contributed by atoms with Gasteiger partial charge in [0.25, 0.3) is 0 Å². The quantitative estimate of drug-likeness (QED) is 0.520. The highest BCUT2D eigenvalue weighted by atomic mass is 16.1. The topological polar surface area (TPSA) is 124 Å². The molecule has 0 bridgehead atoms. The van der Waals surface area contributed by atoms with Gasteiger partial charge in [0.05, 0.1) is 34.9 Å². The first kappa shape index (κ1) is 15.3. The van der Waals surface area contributed by atoms with Crippen LogP contribution in [0.15, 0.2) is 35.3 Å². The lowest BCUT2D eigenvalue weighted by molar-refractivity contribution is 0.934. The first-order chi connectivity index (χ1) is 12.6. The van der Waals surface area contributed by atoms with E-state index in [0.717, 1.165) is 11.0 Å². The van der Waals surface area contributed by atoms with Gasteiger partial charge in [0.15, 0.2) is 11.7 Å². The molecule has 122 valence electrons. The van der Waals surface area contributed by atoms with Gasteiger partial charge in [-0.15, -0.1) is 0 Å². The zero-order chi connectivity index (χ0) is 18.4. The van der Waals surface area contributed by atoms with Gasteiger partial charge in [-0.3, -0.25) is 9.20 Å². The maximum Gasteiger partial charge on any atom is 0.227 e. The van der Waals surface area contributed by atoms with Crippen molar-refractivity contribution in [3.63, 3.8) is 0 Å². The minimum atomic E-state index is -1.18. The third kappa shape index (κ3) is 1.83. The molecule has 0 saturated heterocycles. The summed E-state index contributed by atoms with van der Waals surface area (Å²) in [7, 11) is 1.78. The number of para-hydroxylation sites is 2. The number of hydrogen-bond donors (Lipinski definition) is 0. The summed E-state index contributed by atoms with van der Waals surface area (Å²) in [6.07, 6.45) is 1.42. The molecule has 8 nitrogen and oxygen atoms in total. The zero-order valence-corrected chi connectivity index (χ0v) is 13.5. The van der Waals surface area contributed by atoms with Crippen molar-refractivity contribution in [1.29, 1.82) is 15.8 Å². The molecule has 0 aliphatic carbocycles.